The van der Waals surface area contributed by atoms with E-state index in [-0.39, 0.29) is 17.9 Å². The highest BCUT2D eigenvalue weighted by Crippen LogP contribution is 2.16. The van der Waals surface area contributed by atoms with Crippen molar-refractivity contribution in [1.29, 1.82) is 0 Å². The zero-order valence-corrected chi connectivity index (χ0v) is 9.65. The fraction of sp³-hybridized carbons (Fsp3) is 0.818. The summed E-state index contributed by atoms with van der Waals surface area (Å²) >= 11 is 0. The number of amides is 1. The van der Waals surface area contributed by atoms with E-state index in [4.69, 9.17) is 4.74 Å². The summed E-state index contributed by atoms with van der Waals surface area (Å²) in [6, 6.07) is -0.0769. The van der Waals surface area contributed by atoms with E-state index < -0.39 is 0 Å². The molecule has 2 heterocycles. The van der Waals surface area contributed by atoms with Crippen molar-refractivity contribution in [3.05, 3.63) is 0 Å². The molecule has 2 aliphatic rings. The van der Waals surface area contributed by atoms with Crippen LogP contribution in [0.4, 0.5) is 0 Å². The van der Waals surface area contributed by atoms with Gasteiger partial charge in [-0.05, 0) is 6.42 Å². The second kappa shape index (κ2) is 4.82. The third-order valence-electron chi connectivity index (χ3n) is 3.32. The molecule has 5 nitrogen and oxygen atoms in total. The van der Waals surface area contributed by atoms with Gasteiger partial charge in [0.1, 0.15) is 6.04 Å². The topological polar surface area (TPSA) is 49.9 Å². The fourth-order valence-electron chi connectivity index (χ4n) is 2.38. The largest absolute Gasteiger partial charge is 0.464 e. The normalized spacial score (nSPS) is 27.7. The van der Waals surface area contributed by atoms with E-state index >= 15 is 0 Å². The molecule has 0 aromatic heterocycles. The average molecular weight is 226 g/mol. The van der Waals surface area contributed by atoms with Crippen molar-refractivity contribution in [1.82, 2.24) is 9.80 Å². The number of rotatable bonds is 1. The monoisotopic (exact) mass is 226 g/mol. The average Bonchev–Trinajstić information content (AvgIpc) is 2.54. The number of hydrogen-bond acceptors (Lipinski definition) is 4. The molecule has 2 rings (SSSR count). The second-order valence-electron chi connectivity index (χ2n) is 4.37. The Kier molecular flexibility index (Phi) is 3.43. The number of carbonyl (C=O) groups is 2. The maximum Gasteiger partial charge on any atom is 0.323 e. The number of carbonyl (C=O) groups excluding carboxylic acids is 2. The van der Waals surface area contributed by atoms with Crippen LogP contribution in [0.15, 0.2) is 0 Å². The number of cyclic esters (lactones) is 1. The van der Waals surface area contributed by atoms with Crippen LogP contribution in [0.2, 0.25) is 0 Å². The van der Waals surface area contributed by atoms with Crippen molar-refractivity contribution in [2.24, 2.45) is 0 Å². The zero-order chi connectivity index (χ0) is 11.5. The number of nitrogens with zero attached hydrogens (tertiary/aromatic N) is 2. The summed E-state index contributed by atoms with van der Waals surface area (Å²) in [6.45, 7) is 5.31. The van der Waals surface area contributed by atoms with Crippen molar-refractivity contribution >= 4 is 11.9 Å². The molecule has 0 radical (unpaired) electrons. The summed E-state index contributed by atoms with van der Waals surface area (Å²) in [5.41, 5.74) is 0. The molecule has 2 fully saturated rings. The van der Waals surface area contributed by atoms with Gasteiger partial charge in [-0.25, -0.2) is 0 Å². The molecule has 2 aliphatic heterocycles. The maximum absolute atomic E-state index is 11.5. The Morgan fingerprint density at radius 3 is 2.75 bits per heavy atom. The predicted molar refractivity (Wildman–Crippen MR) is 57.8 cm³/mol. The Balaban J connectivity index is 1.93. The summed E-state index contributed by atoms with van der Waals surface area (Å²) in [6.07, 6.45) is 1.72. The lowest BCUT2D eigenvalue weighted by Gasteiger charge is -2.24. The zero-order valence-electron chi connectivity index (χ0n) is 9.65. The van der Waals surface area contributed by atoms with Crippen LogP contribution < -0.4 is 0 Å². The van der Waals surface area contributed by atoms with Crippen LogP contribution in [0.25, 0.3) is 0 Å². The first-order valence-electron chi connectivity index (χ1n) is 5.84. The summed E-state index contributed by atoms with van der Waals surface area (Å²) in [5, 5.41) is 0. The highest BCUT2D eigenvalue weighted by molar-refractivity contribution is 5.77. The van der Waals surface area contributed by atoms with Crippen LogP contribution in [0.3, 0.4) is 0 Å². The quantitative estimate of drug-likeness (QED) is 0.584. The molecule has 1 unspecified atom stereocenters. The van der Waals surface area contributed by atoms with E-state index in [9.17, 15) is 9.59 Å². The smallest absolute Gasteiger partial charge is 0.323 e. The van der Waals surface area contributed by atoms with Crippen molar-refractivity contribution in [3.8, 4) is 0 Å². The van der Waals surface area contributed by atoms with Gasteiger partial charge in [-0.2, -0.15) is 0 Å². The minimum atomic E-state index is -0.101. The van der Waals surface area contributed by atoms with Crippen molar-refractivity contribution in [2.75, 3.05) is 32.8 Å². The SMILES string of the molecule is CC(=O)N1CCCN(C2CCOC2=O)CC1. The van der Waals surface area contributed by atoms with Gasteiger partial charge in [-0.3, -0.25) is 14.5 Å². The Bertz CT molecular complexity index is 293. The second-order valence-corrected chi connectivity index (χ2v) is 4.37. The van der Waals surface area contributed by atoms with Crippen LogP contribution in [-0.4, -0.2) is 60.5 Å². The predicted octanol–water partition coefficient (Wildman–Crippen LogP) is -0.144. The lowest BCUT2D eigenvalue weighted by atomic mass is 10.2. The first-order chi connectivity index (χ1) is 7.68. The Morgan fingerprint density at radius 2 is 2.12 bits per heavy atom. The molecule has 0 saturated carbocycles. The van der Waals surface area contributed by atoms with Gasteiger partial charge in [-0.15, -0.1) is 0 Å². The van der Waals surface area contributed by atoms with Gasteiger partial charge in [0.15, 0.2) is 0 Å². The molecule has 0 bridgehead atoms. The first kappa shape index (κ1) is 11.4. The van der Waals surface area contributed by atoms with Crippen LogP contribution >= 0.6 is 0 Å². The summed E-state index contributed by atoms with van der Waals surface area (Å²) in [7, 11) is 0. The highest BCUT2D eigenvalue weighted by Gasteiger charge is 2.33. The minimum absolute atomic E-state index is 0.0769. The molecule has 16 heavy (non-hydrogen) atoms. The molecule has 0 aromatic rings. The van der Waals surface area contributed by atoms with Gasteiger partial charge >= 0.3 is 5.97 Å². The van der Waals surface area contributed by atoms with Gasteiger partial charge < -0.3 is 9.64 Å². The third-order valence-corrected chi connectivity index (χ3v) is 3.32. The molecule has 2 saturated heterocycles. The Hall–Kier alpha value is -1.10. The Morgan fingerprint density at radius 1 is 1.31 bits per heavy atom. The van der Waals surface area contributed by atoms with Crippen LogP contribution in [-0.2, 0) is 14.3 Å². The summed E-state index contributed by atoms with van der Waals surface area (Å²) in [4.78, 5) is 26.7. The fourth-order valence-corrected chi connectivity index (χ4v) is 2.38. The number of ether oxygens (including phenoxy) is 1. The van der Waals surface area contributed by atoms with Gasteiger partial charge in [0.25, 0.3) is 0 Å². The van der Waals surface area contributed by atoms with Gasteiger partial charge in [0.2, 0.25) is 5.91 Å². The molecule has 5 heteroatoms. The standard InChI is InChI=1S/C11H18N2O3/c1-9(14)12-4-2-5-13(7-6-12)10-3-8-16-11(10)15/h10H,2-8H2,1H3. The first-order valence-corrected chi connectivity index (χ1v) is 5.84. The molecule has 1 atom stereocenters. The van der Waals surface area contributed by atoms with E-state index in [1.165, 1.54) is 0 Å². The van der Waals surface area contributed by atoms with Crippen molar-refractivity contribution in [2.45, 2.75) is 25.8 Å². The molecule has 0 N–H and O–H groups in total. The van der Waals surface area contributed by atoms with E-state index in [0.717, 1.165) is 39.0 Å². The molecule has 0 aromatic carbocycles. The Labute approximate surface area is 95.3 Å². The molecule has 0 aliphatic carbocycles. The van der Waals surface area contributed by atoms with Crippen LogP contribution in [0.1, 0.15) is 19.8 Å². The molecule has 0 spiro atoms. The van der Waals surface area contributed by atoms with Crippen LogP contribution in [0.5, 0.6) is 0 Å². The lowest BCUT2D eigenvalue weighted by Crippen LogP contribution is -2.41. The molecular weight excluding hydrogens is 208 g/mol. The van der Waals surface area contributed by atoms with Gasteiger partial charge in [0, 0.05) is 39.5 Å². The highest BCUT2D eigenvalue weighted by atomic mass is 16.5. The maximum atomic E-state index is 11.5. The van der Waals surface area contributed by atoms with E-state index in [0.29, 0.717) is 6.61 Å². The van der Waals surface area contributed by atoms with E-state index in [1.54, 1.807) is 6.92 Å². The van der Waals surface area contributed by atoms with Crippen LogP contribution in [0, 0.1) is 0 Å². The van der Waals surface area contributed by atoms with Crippen molar-refractivity contribution < 1.29 is 14.3 Å². The summed E-state index contributed by atoms with van der Waals surface area (Å²) < 4.78 is 4.97. The lowest BCUT2D eigenvalue weighted by molar-refractivity contribution is -0.142. The van der Waals surface area contributed by atoms with Gasteiger partial charge in [-0.1, -0.05) is 0 Å². The third kappa shape index (κ3) is 2.35. The summed E-state index contributed by atoms with van der Waals surface area (Å²) in [5.74, 6) is 0.0205. The number of esters is 1. The van der Waals surface area contributed by atoms with E-state index in [1.807, 2.05) is 4.90 Å². The molecular formula is C11H18N2O3. The van der Waals surface area contributed by atoms with E-state index in [2.05, 4.69) is 4.90 Å². The molecule has 1 amide bonds. The molecule has 90 valence electrons. The van der Waals surface area contributed by atoms with Gasteiger partial charge in [0.05, 0.1) is 6.61 Å². The number of hydrogen-bond donors (Lipinski definition) is 0. The van der Waals surface area contributed by atoms with Crippen molar-refractivity contribution in [3.63, 3.8) is 0 Å². The minimum Gasteiger partial charge on any atom is -0.464 e.